The van der Waals surface area contributed by atoms with E-state index < -0.39 is 11.2 Å². The summed E-state index contributed by atoms with van der Waals surface area (Å²) in [6.45, 7) is 0.185. The zero-order valence-corrected chi connectivity index (χ0v) is 7.20. The third-order valence-electron chi connectivity index (χ3n) is 1.52. The molecule has 0 saturated heterocycles. The Morgan fingerprint density at radius 1 is 1.50 bits per heavy atom. The number of hydrogen-bond acceptors (Lipinski definition) is 4. The van der Waals surface area contributed by atoms with Gasteiger partial charge in [-0.1, -0.05) is 0 Å². The SMILES string of the molecule is O=C=COCCc1c[nH]c(=O)[nH]c1=O. The van der Waals surface area contributed by atoms with Gasteiger partial charge in [0.15, 0.2) is 12.2 Å². The van der Waals surface area contributed by atoms with Gasteiger partial charge in [0, 0.05) is 18.2 Å². The van der Waals surface area contributed by atoms with Crippen molar-refractivity contribution < 1.29 is 9.53 Å². The van der Waals surface area contributed by atoms with Crippen LogP contribution in [-0.4, -0.2) is 22.5 Å². The number of nitrogens with one attached hydrogen (secondary N) is 2. The van der Waals surface area contributed by atoms with Crippen LogP contribution in [0.25, 0.3) is 0 Å². The first-order valence-corrected chi connectivity index (χ1v) is 3.86. The van der Waals surface area contributed by atoms with Crippen LogP contribution in [-0.2, 0) is 16.0 Å². The van der Waals surface area contributed by atoms with Crippen molar-refractivity contribution in [3.8, 4) is 0 Å². The summed E-state index contributed by atoms with van der Waals surface area (Å²) in [6, 6.07) is 0. The average molecular weight is 196 g/mol. The van der Waals surface area contributed by atoms with Crippen LogP contribution in [0.2, 0.25) is 0 Å². The number of ether oxygens (including phenoxy) is 1. The Balaban J connectivity index is 2.64. The molecular formula is C8H8N2O4. The topological polar surface area (TPSA) is 92.0 Å². The summed E-state index contributed by atoms with van der Waals surface area (Å²) in [7, 11) is 0. The summed E-state index contributed by atoms with van der Waals surface area (Å²) < 4.78 is 4.68. The monoisotopic (exact) mass is 196 g/mol. The molecular weight excluding hydrogens is 188 g/mol. The molecule has 0 aliphatic rings. The van der Waals surface area contributed by atoms with E-state index in [9.17, 15) is 14.4 Å². The quantitative estimate of drug-likeness (QED) is 0.366. The van der Waals surface area contributed by atoms with Gasteiger partial charge in [-0.2, -0.15) is 0 Å². The Morgan fingerprint density at radius 3 is 2.93 bits per heavy atom. The van der Waals surface area contributed by atoms with Gasteiger partial charge in [-0.05, 0) is 0 Å². The molecule has 0 aliphatic carbocycles. The normalized spacial score (nSPS) is 9.14. The zero-order valence-electron chi connectivity index (χ0n) is 7.20. The fraction of sp³-hybridized carbons (Fsp3) is 0.250. The van der Waals surface area contributed by atoms with Crippen LogP contribution < -0.4 is 11.2 Å². The number of hydrogen-bond donors (Lipinski definition) is 2. The molecule has 6 nitrogen and oxygen atoms in total. The molecule has 0 spiro atoms. The van der Waals surface area contributed by atoms with E-state index in [1.54, 1.807) is 0 Å². The molecule has 0 atom stereocenters. The maximum absolute atomic E-state index is 11.1. The number of aromatic amines is 2. The van der Waals surface area contributed by atoms with E-state index in [0.29, 0.717) is 12.0 Å². The zero-order chi connectivity index (χ0) is 10.4. The van der Waals surface area contributed by atoms with E-state index in [4.69, 9.17) is 0 Å². The van der Waals surface area contributed by atoms with Gasteiger partial charge >= 0.3 is 5.69 Å². The van der Waals surface area contributed by atoms with Crippen molar-refractivity contribution in [1.82, 2.24) is 9.97 Å². The highest BCUT2D eigenvalue weighted by Gasteiger charge is 1.98. The highest BCUT2D eigenvalue weighted by Crippen LogP contribution is 1.87. The first-order valence-electron chi connectivity index (χ1n) is 3.86. The van der Waals surface area contributed by atoms with E-state index >= 15 is 0 Å². The fourth-order valence-electron chi connectivity index (χ4n) is 0.885. The van der Waals surface area contributed by atoms with Gasteiger partial charge in [-0.25, -0.2) is 9.59 Å². The molecule has 0 radical (unpaired) electrons. The molecule has 1 aromatic heterocycles. The van der Waals surface area contributed by atoms with Gasteiger partial charge in [-0.15, -0.1) is 0 Å². The third kappa shape index (κ3) is 2.76. The fourth-order valence-corrected chi connectivity index (χ4v) is 0.885. The number of H-pyrrole nitrogens is 2. The summed E-state index contributed by atoms with van der Waals surface area (Å²) in [6.07, 6.45) is 2.50. The molecule has 0 aromatic carbocycles. The summed E-state index contributed by atoms with van der Waals surface area (Å²) >= 11 is 0. The lowest BCUT2D eigenvalue weighted by atomic mass is 10.2. The van der Waals surface area contributed by atoms with Gasteiger partial charge in [0.25, 0.3) is 5.56 Å². The van der Waals surface area contributed by atoms with Gasteiger partial charge in [0.1, 0.15) is 0 Å². The average Bonchev–Trinajstić information content (AvgIpc) is 2.15. The number of rotatable bonds is 4. The molecule has 14 heavy (non-hydrogen) atoms. The van der Waals surface area contributed by atoms with E-state index in [1.807, 2.05) is 0 Å². The Labute approximate surface area is 78.2 Å². The lowest BCUT2D eigenvalue weighted by Gasteiger charge is -1.97. The van der Waals surface area contributed by atoms with Crippen molar-refractivity contribution in [2.45, 2.75) is 6.42 Å². The van der Waals surface area contributed by atoms with Gasteiger partial charge in [-0.3, -0.25) is 9.78 Å². The molecule has 1 rings (SSSR count). The second-order valence-corrected chi connectivity index (χ2v) is 2.45. The molecule has 0 aliphatic heterocycles. The summed E-state index contributed by atoms with van der Waals surface area (Å²) in [4.78, 5) is 35.8. The van der Waals surface area contributed by atoms with Crippen LogP contribution in [0.3, 0.4) is 0 Å². The van der Waals surface area contributed by atoms with Crippen molar-refractivity contribution in [1.29, 1.82) is 0 Å². The van der Waals surface area contributed by atoms with Crippen LogP contribution >= 0.6 is 0 Å². The Kier molecular flexibility index (Phi) is 3.46. The summed E-state index contributed by atoms with van der Waals surface area (Å²) in [5.41, 5.74) is -0.608. The van der Waals surface area contributed by atoms with Crippen molar-refractivity contribution >= 4 is 5.94 Å². The van der Waals surface area contributed by atoms with Crippen molar-refractivity contribution in [2.75, 3.05) is 6.61 Å². The second kappa shape index (κ2) is 4.84. The highest BCUT2D eigenvalue weighted by atomic mass is 16.5. The van der Waals surface area contributed by atoms with Gasteiger partial charge < -0.3 is 9.72 Å². The smallest absolute Gasteiger partial charge is 0.325 e. The maximum Gasteiger partial charge on any atom is 0.325 e. The second-order valence-electron chi connectivity index (χ2n) is 2.45. The van der Waals surface area contributed by atoms with Crippen LogP contribution in [0.4, 0.5) is 0 Å². The molecule has 0 unspecified atom stereocenters. The predicted octanol–water partition coefficient (Wildman–Crippen LogP) is -1.03. The first-order chi connectivity index (χ1) is 6.74. The van der Waals surface area contributed by atoms with Crippen LogP contribution in [0.15, 0.2) is 22.0 Å². The van der Waals surface area contributed by atoms with E-state index in [2.05, 4.69) is 14.7 Å². The first kappa shape index (κ1) is 10.0. The molecule has 1 aromatic rings. The summed E-state index contributed by atoms with van der Waals surface area (Å²) in [5.74, 6) is 1.44. The van der Waals surface area contributed by atoms with Crippen molar-refractivity contribution in [3.63, 3.8) is 0 Å². The lowest BCUT2D eigenvalue weighted by Crippen LogP contribution is -2.25. The minimum absolute atomic E-state index is 0.185. The van der Waals surface area contributed by atoms with Crippen LogP contribution in [0.5, 0.6) is 0 Å². The number of carbonyl (C=O) groups excluding carboxylic acids is 1. The Bertz CT molecular complexity index is 453. The van der Waals surface area contributed by atoms with E-state index in [0.717, 1.165) is 6.26 Å². The minimum atomic E-state index is -0.549. The Hall–Kier alpha value is -2.07. The largest absolute Gasteiger partial charge is 0.489 e. The molecule has 0 bridgehead atoms. The Morgan fingerprint density at radius 2 is 2.29 bits per heavy atom. The molecule has 2 N–H and O–H groups in total. The van der Waals surface area contributed by atoms with Crippen molar-refractivity contribution in [3.05, 3.63) is 38.9 Å². The molecule has 0 amide bonds. The molecule has 0 fully saturated rings. The van der Waals surface area contributed by atoms with Crippen molar-refractivity contribution in [2.24, 2.45) is 0 Å². The van der Waals surface area contributed by atoms with E-state index in [-0.39, 0.29) is 6.61 Å². The molecule has 74 valence electrons. The standard InChI is InChI=1S/C8H8N2O4/c11-2-4-14-3-1-6-5-9-8(13)10-7(6)12/h4-5H,1,3H2,(H2,9,10,12,13). The van der Waals surface area contributed by atoms with Crippen LogP contribution in [0.1, 0.15) is 5.56 Å². The lowest BCUT2D eigenvalue weighted by molar-refractivity contribution is 0.255. The third-order valence-corrected chi connectivity index (χ3v) is 1.52. The van der Waals surface area contributed by atoms with E-state index in [1.165, 1.54) is 12.1 Å². The van der Waals surface area contributed by atoms with Gasteiger partial charge in [0.05, 0.1) is 6.61 Å². The van der Waals surface area contributed by atoms with Crippen LogP contribution in [0, 0.1) is 0 Å². The highest BCUT2D eigenvalue weighted by molar-refractivity contribution is 5.42. The predicted molar refractivity (Wildman–Crippen MR) is 47.6 cm³/mol. The minimum Gasteiger partial charge on any atom is -0.489 e. The molecule has 1 heterocycles. The maximum atomic E-state index is 11.1. The van der Waals surface area contributed by atoms with Gasteiger partial charge in [0.2, 0.25) is 0 Å². The molecule has 0 saturated carbocycles. The summed E-state index contributed by atoms with van der Waals surface area (Å²) in [5, 5.41) is 0. The number of aromatic nitrogens is 2. The molecule has 6 heteroatoms.